The van der Waals surface area contributed by atoms with Gasteiger partial charge in [0.1, 0.15) is 5.75 Å². The average Bonchev–Trinajstić information content (AvgIpc) is 2.67. The molecule has 0 saturated carbocycles. The van der Waals surface area contributed by atoms with Crippen LogP contribution in [0.25, 0.3) is 0 Å². The third kappa shape index (κ3) is 6.06. The Morgan fingerprint density at radius 1 is 1.22 bits per heavy atom. The zero-order valence-electron chi connectivity index (χ0n) is 16.6. The normalized spacial score (nSPS) is 19.7. The molecule has 0 aromatic heterocycles. The summed E-state index contributed by atoms with van der Waals surface area (Å²) >= 11 is 0. The predicted molar refractivity (Wildman–Crippen MR) is 104 cm³/mol. The van der Waals surface area contributed by atoms with Crippen molar-refractivity contribution < 1.29 is 19.0 Å². The van der Waals surface area contributed by atoms with E-state index in [0.717, 1.165) is 23.4 Å². The number of amides is 1. The lowest BCUT2D eigenvalue weighted by Gasteiger charge is -2.32. The van der Waals surface area contributed by atoms with Gasteiger partial charge >= 0.3 is 6.09 Å². The van der Waals surface area contributed by atoms with Gasteiger partial charge in [0.15, 0.2) is 0 Å². The van der Waals surface area contributed by atoms with E-state index in [-0.39, 0.29) is 18.1 Å². The number of alkyl carbamates (subject to hydrolysis) is 1. The Morgan fingerprint density at radius 2 is 1.93 bits per heavy atom. The van der Waals surface area contributed by atoms with E-state index >= 15 is 0 Å². The summed E-state index contributed by atoms with van der Waals surface area (Å²) in [5, 5.41) is 6.23. The summed E-state index contributed by atoms with van der Waals surface area (Å²) in [6, 6.07) is 7.55. The highest BCUT2D eigenvalue weighted by Crippen LogP contribution is 2.24. The van der Waals surface area contributed by atoms with Gasteiger partial charge in [-0.3, -0.25) is 0 Å². The van der Waals surface area contributed by atoms with E-state index in [1.165, 1.54) is 0 Å². The van der Waals surface area contributed by atoms with E-state index < -0.39 is 6.09 Å². The number of rotatable bonds is 8. The summed E-state index contributed by atoms with van der Waals surface area (Å²) in [4.78, 5) is 12.0. The van der Waals surface area contributed by atoms with Gasteiger partial charge in [0, 0.05) is 13.7 Å². The first kappa shape index (κ1) is 20.9. The standard InChI is InChI=1S/C20H31N3O4/c1-13(2)12-27-20(24)23-16-9-10-17(26-4)19(18(16)21)22-11-14-5-7-15(25-3)8-6-14/h5-8,13,16-17,22H,9-12,21H2,1-4H3,(H,23,24)/t16-,17?/m1/s1. The lowest BCUT2D eigenvalue weighted by Crippen LogP contribution is -2.46. The monoisotopic (exact) mass is 377 g/mol. The molecule has 150 valence electrons. The minimum atomic E-state index is -0.443. The van der Waals surface area contributed by atoms with E-state index in [1.54, 1.807) is 14.2 Å². The SMILES string of the molecule is COc1ccc(CNC2=C(N)[C@H](NC(=O)OCC(C)C)CCC2OC)cc1. The van der Waals surface area contributed by atoms with Gasteiger partial charge in [-0.2, -0.15) is 0 Å². The van der Waals surface area contributed by atoms with Crippen LogP contribution < -0.4 is 21.1 Å². The fourth-order valence-electron chi connectivity index (χ4n) is 2.96. The van der Waals surface area contributed by atoms with Gasteiger partial charge in [-0.15, -0.1) is 0 Å². The highest BCUT2D eigenvalue weighted by atomic mass is 16.5. The molecule has 0 bridgehead atoms. The van der Waals surface area contributed by atoms with Crippen molar-refractivity contribution >= 4 is 6.09 Å². The first-order chi connectivity index (χ1) is 12.9. The number of hydrogen-bond acceptors (Lipinski definition) is 6. The summed E-state index contributed by atoms with van der Waals surface area (Å²) in [7, 11) is 3.31. The Labute approximate surface area is 161 Å². The van der Waals surface area contributed by atoms with Crippen LogP contribution in [0.5, 0.6) is 5.75 Å². The number of hydrogen-bond donors (Lipinski definition) is 3. The van der Waals surface area contributed by atoms with Crippen LogP contribution in [0.4, 0.5) is 4.79 Å². The number of benzene rings is 1. The van der Waals surface area contributed by atoms with Crippen LogP contribution in [0.3, 0.4) is 0 Å². The molecule has 2 rings (SSSR count). The van der Waals surface area contributed by atoms with Crippen molar-refractivity contribution in [3.63, 3.8) is 0 Å². The van der Waals surface area contributed by atoms with Gasteiger partial charge in [0.05, 0.1) is 37.3 Å². The molecule has 1 aromatic carbocycles. The third-order valence-electron chi connectivity index (χ3n) is 4.49. The number of carbonyl (C=O) groups excluding carboxylic acids is 1. The molecule has 4 N–H and O–H groups in total. The fraction of sp³-hybridized carbons (Fsp3) is 0.550. The second-order valence-electron chi connectivity index (χ2n) is 7.06. The lowest BCUT2D eigenvalue weighted by molar-refractivity contribution is 0.101. The summed E-state index contributed by atoms with van der Waals surface area (Å²) in [6.07, 6.45) is 0.904. The molecule has 1 aromatic rings. The Morgan fingerprint density at radius 3 is 2.52 bits per heavy atom. The van der Waals surface area contributed by atoms with Crippen LogP contribution in [0.1, 0.15) is 32.3 Å². The maximum Gasteiger partial charge on any atom is 0.407 e. The number of ether oxygens (including phenoxy) is 3. The molecule has 0 heterocycles. The maximum atomic E-state index is 12.0. The van der Waals surface area contributed by atoms with Crippen molar-refractivity contribution in [2.75, 3.05) is 20.8 Å². The molecule has 0 fully saturated rings. The molecular formula is C20H31N3O4. The van der Waals surface area contributed by atoms with Crippen LogP contribution in [0, 0.1) is 5.92 Å². The second-order valence-corrected chi connectivity index (χ2v) is 7.06. The van der Waals surface area contributed by atoms with Crippen molar-refractivity contribution in [3.8, 4) is 5.75 Å². The molecular weight excluding hydrogens is 346 g/mol. The van der Waals surface area contributed by atoms with Crippen molar-refractivity contribution in [1.82, 2.24) is 10.6 Å². The summed E-state index contributed by atoms with van der Waals surface area (Å²) < 4.78 is 15.9. The van der Waals surface area contributed by atoms with E-state index in [1.807, 2.05) is 38.1 Å². The smallest absolute Gasteiger partial charge is 0.407 e. The molecule has 1 amide bonds. The van der Waals surface area contributed by atoms with Crippen LogP contribution >= 0.6 is 0 Å². The number of methoxy groups -OCH3 is 2. The molecule has 0 radical (unpaired) electrons. The van der Waals surface area contributed by atoms with E-state index in [9.17, 15) is 4.79 Å². The van der Waals surface area contributed by atoms with Gasteiger partial charge in [-0.25, -0.2) is 4.79 Å². The van der Waals surface area contributed by atoms with E-state index in [0.29, 0.717) is 25.3 Å². The zero-order chi connectivity index (χ0) is 19.8. The second kappa shape index (κ2) is 10.1. The summed E-state index contributed by atoms with van der Waals surface area (Å²) in [6.45, 7) is 4.97. The molecule has 2 atom stereocenters. The molecule has 1 unspecified atom stereocenters. The van der Waals surface area contributed by atoms with Gasteiger partial charge in [0.25, 0.3) is 0 Å². The molecule has 0 saturated heterocycles. The Hall–Kier alpha value is -2.41. The molecule has 0 spiro atoms. The fourth-order valence-corrected chi connectivity index (χ4v) is 2.96. The van der Waals surface area contributed by atoms with Gasteiger partial charge in [-0.05, 0) is 36.5 Å². The third-order valence-corrected chi connectivity index (χ3v) is 4.49. The van der Waals surface area contributed by atoms with Gasteiger partial charge in [-0.1, -0.05) is 26.0 Å². The Balaban J connectivity index is 2.03. The topological polar surface area (TPSA) is 94.8 Å². The summed E-state index contributed by atoms with van der Waals surface area (Å²) in [5.41, 5.74) is 8.84. The van der Waals surface area contributed by atoms with E-state index in [4.69, 9.17) is 19.9 Å². The first-order valence-electron chi connectivity index (χ1n) is 9.27. The molecule has 1 aliphatic carbocycles. The largest absolute Gasteiger partial charge is 0.497 e. The minimum Gasteiger partial charge on any atom is -0.497 e. The van der Waals surface area contributed by atoms with Crippen molar-refractivity contribution in [3.05, 3.63) is 41.2 Å². The molecule has 27 heavy (non-hydrogen) atoms. The lowest BCUT2D eigenvalue weighted by atomic mass is 9.94. The highest BCUT2D eigenvalue weighted by molar-refractivity contribution is 5.68. The minimum absolute atomic E-state index is 0.118. The highest BCUT2D eigenvalue weighted by Gasteiger charge is 2.29. The quantitative estimate of drug-likeness (QED) is 0.644. The Kier molecular flexibility index (Phi) is 7.79. The summed E-state index contributed by atoms with van der Waals surface area (Å²) in [5.74, 6) is 1.10. The van der Waals surface area contributed by atoms with Crippen LogP contribution in [0.15, 0.2) is 35.7 Å². The van der Waals surface area contributed by atoms with Crippen LogP contribution in [-0.4, -0.2) is 39.1 Å². The van der Waals surface area contributed by atoms with Crippen LogP contribution in [-0.2, 0) is 16.0 Å². The number of nitrogens with one attached hydrogen (secondary N) is 2. The van der Waals surface area contributed by atoms with Gasteiger partial charge < -0.3 is 30.6 Å². The molecule has 7 nitrogen and oxygen atoms in total. The van der Waals surface area contributed by atoms with E-state index in [2.05, 4.69) is 10.6 Å². The molecule has 0 aliphatic heterocycles. The molecule has 1 aliphatic rings. The number of nitrogens with two attached hydrogens (primary N) is 1. The maximum absolute atomic E-state index is 12.0. The average molecular weight is 377 g/mol. The van der Waals surface area contributed by atoms with Crippen LogP contribution in [0.2, 0.25) is 0 Å². The Bertz CT molecular complexity index is 643. The molecule has 7 heteroatoms. The zero-order valence-corrected chi connectivity index (χ0v) is 16.6. The van der Waals surface area contributed by atoms with Crippen molar-refractivity contribution in [2.24, 2.45) is 11.7 Å². The number of carbonyl (C=O) groups is 1. The first-order valence-corrected chi connectivity index (χ1v) is 9.27. The van der Waals surface area contributed by atoms with Crippen molar-refractivity contribution in [2.45, 2.75) is 45.4 Å². The van der Waals surface area contributed by atoms with Gasteiger partial charge in [0.2, 0.25) is 0 Å². The van der Waals surface area contributed by atoms with Crippen molar-refractivity contribution in [1.29, 1.82) is 0 Å². The predicted octanol–water partition coefficient (Wildman–Crippen LogP) is 2.51.